The molecule has 104 valence electrons. The highest BCUT2D eigenvalue weighted by molar-refractivity contribution is 5.53. The molecule has 0 fully saturated rings. The van der Waals surface area contributed by atoms with Crippen LogP contribution in [-0.2, 0) is 0 Å². The number of hydrogen-bond donors (Lipinski definition) is 1. The molecule has 0 spiro atoms. The van der Waals surface area contributed by atoms with Crippen molar-refractivity contribution in [3.05, 3.63) is 70.8 Å². The Morgan fingerprint density at radius 2 is 1.25 bits per heavy atom. The maximum Gasteiger partial charge on any atom is 0.0700 e. The molecule has 20 heavy (non-hydrogen) atoms. The van der Waals surface area contributed by atoms with Gasteiger partial charge in [-0.1, -0.05) is 55.5 Å². The summed E-state index contributed by atoms with van der Waals surface area (Å²) in [6.07, 6.45) is 1.09. The summed E-state index contributed by atoms with van der Waals surface area (Å²) < 4.78 is 0. The van der Waals surface area contributed by atoms with E-state index in [9.17, 15) is 5.11 Å². The fraction of sp³-hybridized carbons (Fsp3) is 0.368. The third-order valence-corrected chi connectivity index (χ3v) is 4.48. The van der Waals surface area contributed by atoms with Crippen LogP contribution < -0.4 is 0 Å². The second-order valence-corrected chi connectivity index (χ2v) is 6.31. The summed E-state index contributed by atoms with van der Waals surface area (Å²) in [5, 5.41) is 10.7. The lowest BCUT2D eigenvalue weighted by Gasteiger charge is -2.39. The molecule has 1 nitrogen and oxygen atoms in total. The molecular formula is C19H22O. The van der Waals surface area contributed by atoms with Gasteiger partial charge in [-0.2, -0.15) is 0 Å². The number of rotatable bonds is 2. The monoisotopic (exact) mass is 266 g/mol. The minimum atomic E-state index is -0.759. The first-order valence-electron chi connectivity index (χ1n) is 7.44. The molecule has 1 aliphatic carbocycles. The van der Waals surface area contributed by atoms with E-state index >= 15 is 0 Å². The average molecular weight is 266 g/mol. The third-order valence-electron chi connectivity index (χ3n) is 4.48. The van der Waals surface area contributed by atoms with Crippen LogP contribution in [0, 0.1) is 0 Å². The first kappa shape index (κ1) is 13.4. The van der Waals surface area contributed by atoms with E-state index in [4.69, 9.17) is 0 Å². The van der Waals surface area contributed by atoms with Crippen LogP contribution >= 0.6 is 0 Å². The lowest BCUT2D eigenvalue weighted by molar-refractivity contribution is 0.0612. The molecule has 0 unspecified atom stereocenters. The molecule has 0 bridgehead atoms. The number of aliphatic hydroxyl groups is 1. The summed E-state index contributed by atoms with van der Waals surface area (Å²) in [6.45, 7) is 6.07. The highest BCUT2D eigenvalue weighted by Crippen LogP contribution is 2.48. The number of fused-ring (bicyclic) bond motifs is 2. The van der Waals surface area contributed by atoms with Crippen molar-refractivity contribution in [2.45, 2.75) is 44.6 Å². The largest absolute Gasteiger partial charge is 0.389 e. The first-order valence-corrected chi connectivity index (χ1v) is 7.44. The zero-order chi connectivity index (χ0) is 14.3. The Morgan fingerprint density at radius 3 is 1.60 bits per heavy atom. The highest BCUT2D eigenvalue weighted by Gasteiger charge is 2.38. The van der Waals surface area contributed by atoms with Crippen LogP contribution in [-0.4, -0.2) is 10.7 Å². The molecule has 1 heteroatoms. The van der Waals surface area contributed by atoms with Gasteiger partial charge >= 0.3 is 0 Å². The van der Waals surface area contributed by atoms with Gasteiger partial charge in [0.25, 0.3) is 0 Å². The predicted octanol–water partition coefficient (Wildman–Crippen LogP) is 4.44. The highest BCUT2D eigenvalue weighted by atomic mass is 16.3. The van der Waals surface area contributed by atoms with Crippen LogP contribution in [0.4, 0.5) is 0 Å². The SMILES string of the molecule is CCC1c2ccccc2C(C(C)(C)O)c2ccccc21. The molecule has 1 N–H and O–H groups in total. The van der Waals surface area contributed by atoms with E-state index in [2.05, 4.69) is 55.5 Å². The first-order chi connectivity index (χ1) is 9.54. The number of benzene rings is 2. The van der Waals surface area contributed by atoms with Gasteiger partial charge in [-0.05, 0) is 42.5 Å². The minimum absolute atomic E-state index is 0.0534. The summed E-state index contributed by atoms with van der Waals surface area (Å²) in [6, 6.07) is 17.2. The summed E-state index contributed by atoms with van der Waals surface area (Å²) in [4.78, 5) is 0. The van der Waals surface area contributed by atoms with Crippen molar-refractivity contribution in [1.82, 2.24) is 0 Å². The molecule has 2 aromatic rings. The molecule has 0 saturated carbocycles. The summed E-state index contributed by atoms with van der Waals surface area (Å²) >= 11 is 0. The molecule has 0 aromatic heterocycles. The predicted molar refractivity (Wildman–Crippen MR) is 83.2 cm³/mol. The van der Waals surface area contributed by atoms with E-state index < -0.39 is 5.60 Å². The topological polar surface area (TPSA) is 20.2 Å². The van der Waals surface area contributed by atoms with Crippen molar-refractivity contribution in [3.63, 3.8) is 0 Å². The van der Waals surface area contributed by atoms with E-state index in [1.807, 2.05) is 13.8 Å². The average Bonchev–Trinajstić information content (AvgIpc) is 2.43. The van der Waals surface area contributed by atoms with Crippen molar-refractivity contribution in [2.75, 3.05) is 0 Å². The van der Waals surface area contributed by atoms with Gasteiger partial charge in [0.05, 0.1) is 5.60 Å². The van der Waals surface area contributed by atoms with Gasteiger partial charge < -0.3 is 5.11 Å². The van der Waals surface area contributed by atoms with Gasteiger partial charge in [0.2, 0.25) is 0 Å². The smallest absolute Gasteiger partial charge is 0.0700 e. The quantitative estimate of drug-likeness (QED) is 0.851. The second-order valence-electron chi connectivity index (χ2n) is 6.31. The Labute approximate surface area is 121 Å². The van der Waals surface area contributed by atoms with E-state index in [1.54, 1.807) is 0 Å². The summed E-state index contributed by atoms with van der Waals surface area (Å²) in [5.74, 6) is 0.499. The molecule has 0 heterocycles. The Morgan fingerprint density at radius 1 is 0.850 bits per heavy atom. The van der Waals surface area contributed by atoms with E-state index in [-0.39, 0.29) is 5.92 Å². The van der Waals surface area contributed by atoms with Crippen molar-refractivity contribution in [3.8, 4) is 0 Å². The van der Waals surface area contributed by atoms with E-state index in [0.29, 0.717) is 5.92 Å². The zero-order valence-electron chi connectivity index (χ0n) is 12.4. The lowest BCUT2D eigenvalue weighted by Crippen LogP contribution is -2.34. The van der Waals surface area contributed by atoms with Crippen LogP contribution in [0.2, 0.25) is 0 Å². The molecule has 0 saturated heterocycles. The second kappa shape index (κ2) is 4.75. The third kappa shape index (κ3) is 1.97. The molecule has 1 aliphatic rings. The van der Waals surface area contributed by atoms with Gasteiger partial charge in [-0.3, -0.25) is 0 Å². The Kier molecular flexibility index (Phi) is 3.18. The van der Waals surface area contributed by atoms with Crippen LogP contribution in [0.5, 0.6) is 0 Å². The fourth-order valence-electron chi connectivity index (χ4n) is 3.72. The molecule has 0 radical (unpaired) electrons. The maximum absolute atomic E-state index is 10.7. The standard InChI is InChI=1S/C19H22O/c1-4-13-14-9-5-7-11-16(14)18(19(2,3)20)17-12-8-6-10-15(13)17/h5-13,18,20H,4H2,1-3H3. The molecule has 0 aliphatic heterocycles. The van der Waals surface area contributed by atoms with Crippen LogP contribution in [0.25, 0.3) is 0 Å². The van der Waals surface area contributed by atoms with Gasteiger partial charge in [0.1, 0.15) is 0 Å². The van der Waals surface area contributed by atoms with Crippen molar-refractivity contribution in [1.29, 1.82) is 0 Å². The summed E-state index contributed by atoms with van der Waals surface area (Å²) in [7, 11) is 0. The van der Waals surface area contributed by atoms with E-state index in [1.165, 1.54) is 22.3 Å². The number of hydrogen-bond acceptors (Lipinski definition) is 1. The Hall–Kier alpha value is -1.60. The molecule has 3 rings (SSSR count). The molecule has 2 aromatic carbocycles. The molecule has 0 amide bonds. The van der Waals surface area contributed by atoms with Crippen molar-refractivity contribution < 1.29 is 5.11 Å². The van der Waals surface area contributed by atoms with Crippen LogP contribution in [0.15, 0.2) is 48.5 Å². The van der Waals surface area contributed by atoms with Gasteiger partial charge in [-0.25, -0.2) is 0 Å². The Bertz CT molecular complexity index is 574. The minimum Gasteiger partial charge on any atom is -0.389 e. The van der Waals surface area contributed by atoms with Gasteiger partial charge in [0, 0.05) is 11.8 Å². The van der Waals surface area contributed by atoms with Crippen LogP contribution in [0.3, 0.4) is 0 Å². The van der Waals surface area contributed by atoms with Crippen molar-refractivity contribution in [2.24, 2.45) is 0 Å². The fourth-order valence-corrected chi connectivity index (χ4v) is 3.72. The van der Waals surface area contributed by atoms with Gasteiger partial charge in [0.15, 0.2) is 0 Å². The lowest BCUT2D eigenvalue weighted by atomic mass is 9.67. The molecule has 0 atom stereocenters. The normalized spacial score (nSPS) is 21.2. The Balaban J connectivity index is 2.29. The molecular weight excluding hydrogens is 244 g/mol. The van der Waals surface area contributed by atoms with Crippen molar-refractivity contribution >= 4 is 0 Å². The summed E-state index contributed by atoms with van der Waals surface area (Å²) in [5.41, 5.74) is 4.56. The maximum atomic E-state index is 10.7. The zero-order valence-corrected chi connectivity index (χ0v) is 12.4. The van der Waals surface area contributed by atoms with E-state index in [0.717, 1.165) is 6.42 Å². The van der Waals surface area contributed by atoms with Gasteiger partial charge in [-0.15, -0.1) is 0 Å². The van der Waals surface area contributed by atoms with Crippen LogP contribution in [0.1, 0.15) is 61.3 Å².